The zero-order chi connectivity index (χ0) is 21.7. The van der Waals surface area contributed by atoms with Crippen molar-refractivity contribution in [1.29, 1.82) is 0 Å². The Morgan fingerprint density at radius 2 is 1.80 bits per heavy atom. The first-order chi connectivity index (χ1) is 14.1. The van der Waals surface area contributed by atoms with Crippen molar-refractivity contribution in [2.24, 2.45) is 5.16 Å². The van der Waals surface area contributed by atoms with E-state index in [-0.39, 0.29) is 24.2 Å². The van der Waals surface area contributed by atoms with Crippen LogP contribution in [0.5, 0.6) is 0 Å². The number of hydrogen-bond donors (Lipinski definition) is 0. The molecule has 4 rings (SSSR count). The molecule has 2 aromatic rings. The lowest BCUT2D eigenvalue weighted by molar-refractivity contribution is -0.384. The van der Waals surface area contributed by atoms with Gasteiger partial charge in [0.15, 0.2) is 0 Å². The lowest BCUT2D eigenvalue weighted by Crippen LogP contribution is -2.40. The molecule has 1 atom stereocenters. The predicted molar refractivity (Wildman–Crippen MR) is 96.6 cm³/mol. The summed E-state index contributed by atoms with van der Waals surface area (Å²) >= 11 is 0. The summed E-state index contributed by atoms with van der Waals surface area (Å²) in [6.07, 6.45) is -5.11. The van der Waals surface area contributed by atoms with Gasteiger partial charge in [-0.05, 0) is 35.9 Å². The van der Waals surface area contributed by atoms with Gasteiger partial charge in [0.1, 0.15) is 0 Å². The first kappa shape index (κ1) is 19.6. The SMILES string of the molecule is O=C1CC2(CC(c3ccc([N+](=O)[O-])cc3)=NO2)C(=O)N1c1cccc(C(F)(F)F)c1. The third kappa shape index (κ3) is 3.17. The minimum atomic E-state index is -4.63. The second kappa shape index (κ2) is 6.65. The summed E-state index contributed by atoms with van der Waals surface area (Å²) < 4.78 is 39.0. The maximum Gasteiger partial charge on any atom is 0.416 e. The number of oxime groups is 1. The molecule has 2 amide bonds. The van der Waals surface area contributed by atoms with Gasteiger partial charge in [-0.1, -0.05) is 11.2 Å². The second-order valence-corrected chi connectivity index (χ2v) is 6.86. The molecule has 2 aliphatic rings. The molecule has 2 aromatic carbocycles. The normalized spacial score (nSPS) is 21.2. The van der Waals surface area contributed by atoms with Crippen molar-refractivity contribution in [3.05, 3.63) is 69.8 Å². The fourth-order valence-electron chi connectivity index (χ4n) is 3.42. The molecule has 0 radical (unpaired) electrons. The van der Waals surface area contributed by atoms with E-state index < -0.39 is 34.1 Å². The highest BCUT2D eigenvalue weighted by molar-refractivity contribution is 6.25. The minimum absolute atomic E-state index is 0.0924. The fourth-order valence-corrected chi connectivity index (χ4v) is 3.42. The van der Waals surface area contributed by atoms with Crippen LogP contribution in [0, 0.1) is 10.1 Å². The Hall–Kier alpha value is -3.76. The molecule has 0 aliphatic carbocycles. The number of amides is 2. The van der Waals surface area contributed by atoms with Crippen molar-refractivity contribution in [2.75, 3.05) is 4.90 Å². The predicted octanol–water partition coefficient (Wildman–Crippen LogP) is 3.44. The third-order valence-corrected chi connectivity index (χ3v) is 4.91. The fraction of sp³-hybridized carbons (Fsp3) is 0.211. The second-order valence-electron chi connectivity index (χ2n) is 6.86. The number of nitro groups is 1. The number of carbonyl (C=O) groups excluding carboxylic acids is 2. The van der Waals surface area contributed by atoms with Crippen LogP contribution >= 0.6 is 0 Å². The highest BCUT2D eigenvalue weighted by atomic mass is 19.4. The molecular formula is C19H12F3N3O5. The van der Waals surface area contributed by atoms with Crippen LogP contribution in [0.4, 0.5) is 24.5 Å². The summed E-state index contributed by atoms with van der Waals surface area (Å²) in [6.45, 7) is 0. The van der Waals surface area contributed by atoms with E-state index in [1.165, 1.54) is 30.3 Å². The average molecular weight is 419 g/mol. The number of non-ortho nitro benzene ring substituents is 1. The lowest BCUT2D eigenvalue weighted by atomic mass is 9.92. The zero-order valence-corrected chi connectivity index (χ0v) is 15.0. The molecule has 2 heterocycles. The van der Waals surface area contributed by atoms with Gasteiger partial charge in [-0.2, -0.15) is 13.2 Å². The van der Waals surface area contributed by atoms with E-state index in [1.54, 1.807) is 0 Å². The maximum absolute atomic E-state index is 13.0. The van der Waals surface area contributed by atoms with Crippen molar-refractivity contribution in [1.82, 2.24) is 0 Å². The number of benzene rings is 2. The van der Waals surface area contributed by atoms with E-state index in [9.17, 15) is 32.9 Å². The Balaban J connectivity index is 1.59. The minimum Gasteiger partial charge on any atom is -0.378 e. The number of imide groups is 1. The summed E-state index contributed by atoms with van der Waals surface area (Å²) in [7, 11) is 0. The molecule has 1 fully saturated rings. The molecule has 30 heavy (non-hydrogen) atoms. The lowest BCUT2D eigenvalue weighted by Gasteiger charge is -2.20. The molecule has 0 aromatic heterocycles. The van der Waals surface area contributed by atoms with Gasteiger partial charge in [0.25, 0.3) is 11.6 Å². The number of nitro benzene ring substituents is 1. The Kier molecular flexibility index (Phi) is 4.33. The first-order valence-electron chi connectivity index (χ1n) is 8.65. The van der Waals surface area contributed by atoms with Gasteiger partial charge in [0, 0.05) is 18.6 Å². The summed E-state index contributed by atoms with van der Waals surface area (Å²) in [5, 5.41) is 14.6. The molecule has 11 heteroatoms. The van der Waals surface area contributed by atoms with E-state index in [4.69, 9.17) is 4.84 Å². The standard InChI is InChI=1S/C19H12F3N3O5/c20-19(21,22)12-2-1-3-14(8-12)24-16(26)10-18(17(24)27)9-15(23-30-18)11-4-6-13(7-5-11)25(28)29/h1-8H,9-10H2. The Labute approximate surface area is 166 Å². The molecular weight excluding hydrogens is 407 g/mol. The van der Waals surface area contributed by atoms with Crippen LogP contribution in [0.2, 0.25) is 0 Å². The van der Waals surface area contributed by atoms with Crippen LogP contribution < -0.4 is 4.90 Å². The van der Waals surface area contributed by atoms with Gasteiger partial charge in [-0.3, -0.25) is 19.7 Å². The highest BCUT2D eigenvalue weighted by Crippen LogP contribution is 2.40. The van der Waals surface area contributed by atoms with Crippen LogP contribution in [-0.4, -0.2) is 28.1 Å². The van der Waals surface area contributed by atoms with Crippen LogP contribution in [0.15, 0.2) is 53.7 Å². The van der Waals surface area contributed by atoms with Crippen molar-refractivity contribution >= 4 is 28.9 Å². The first-order valence-corrected chi connectivity index (χ1v) is 8.65. The van der Waals surface area contributed by atoms with Crippen molar-refractivity contribution < 1.29 is 32.5 Å². The number of rotatable bonds is 3. The Morgan fingerprint density at radius 3 is 2.43 bits per heavy atom. The number of anilines is 1. The van der Waals surface area contributed by atoms with E-state index >= 15 is 0 Å². The molecule has 1 unspecified atom stereocenters. The molecule has 1 spiro atoms. The smallest absolute Gasteiger partial charge is 0.378 e. The molecule has 2 aliphatic heterocycles. The van der Waals surface area contributed by atoms with E-state index in [2.05, 4.69) is 5.16 Å². The number of alkyl halides is 3. The zero-order valence-electron chi connectivity index (χ0n) is 15.0. The number of hydrogen-bond acceptors (Lipinski definition) is 6. The molecule has 0 bridgehead atoms. The Morgan fingerprint density at radius 1 is 1.10 bits per heavy atom. The van der Waals surface area contributed by atoms with Crippen molar-refractivity contribution in [3.8, 4) is 0 Å². The summed E-state index contributed by atoms with van der Waals surface area (Å²) in [4.78, 5) is 41.6. The van der Waals surface area contributed by atoms with Crippen LogP contribution in [0.3, 0.4) is 0 Å². The van der Waals surface area contributed by atoms with E-state index in [0.29, 0.717) is 16.2 Å². The van der Waals surface area contributed by atoms with Crippen LogP contribution in [0.25, 0.3) is 0 Å². The van der Waals surface area contributed by atoms with Gasteiger partial charge in [-0.15, -0.1) is 0 Å². The number of halogens is 3. The van der Waals surface area contributed by atoms with Crippen LogP contribution in [-0.2, 0) is 20.6 Å². The molecule has 8 nitrogen and oxygen atoms in total. The van der Waals surface area contributed by atoms with E-state index in [0.717, 1.165) is 18.2 Å². The quantitative estimate of drug-likeness (QED) is 0.431. The van der Waals surface area contributed by atoms with Crippen molar-refractivity contribution in [2.45, 2.75) is 24.6 Å². The van der Waals surface area contributed by atoms with Gasteiger partial charge < -0.3 is 4.84 Å². The largest absolute Gasteiger partial charge is 0.416 e. The summed E-state index contributed by atoms with van der Waals surface area (Å²) in [6, 6.07) is 9.30. The summed E-state index contributed by atoms with van der Waals surface area (Å²) in [5.41, 5.74) is -2.20. The van der Waals surface area contributed by atoms with E-state index in [1.807, 2.05) is 0 Å². The maximum atomic E-state index is 13.0. The number of nitrogens with zero attached hydrogens (tertiary/aromatic N) is 3. The monoisotopic (exact) mass is 419 g/mol. The van der Waals surface area contributed by atoms with Gasteiger partial charge in [0.05, 0.1) is 28.3 Å². The molecule has 1 saturated heterocycles. The molecule has 0 saturated carbocycles. The van der Waals surface area contributed by atoms with Crippen molar-refractivity contribution in [3.63, 3.8) is 0 Å². The van der Waals surface area contributed by atoms with Crippen LogP contribution in [0.1, 0.15) is 24.0 Å². The van der Waals surface area contributed by atoms with Gasteiger partial charge in [0.2, 0.25) is 11.5 Å². The number of carbonyl (C=O) groups is 2. The Bertz CT molecular complexity index is 1100. The van der Waals surface area contributed by atoms with Gasteiger partial charge in [-0.25, -0.2) is 4.90 Å². The third-order valence-electron chi connectivity index (χ3n) is 4.91. The topological polar surface area (TPSA) is 102 Å². The molecule has 154 valence electrons. The highest BCUT2D eigenvalue weighted by Gasteiger charge is 2.58. The molecule has 0 N–H and O–H groups in total. The average Bonchev–Trinajstić information content (AvgIpc) is 3.22. The summed E-state index contributed by atoms with van der Waals surface area (Å²) in [5.74, 6) is -1.52. The van der Waals surface area contributed by atoms with Gasteiger partial charge >= 0.3 is 6.18 Å².